The Bertz CT molecular complexity index is 1270. The van der Waals surface area contributed by atoms with Gasteiger partial charge in [-0.15, -0.1) is 0 Å². The van der Waals surface area contributed by atoms with Crippen LogP contribution in [0.15, 0.2) is 59.5 Å². The van der Waals surface area contributed by atoms with Crippen molar-refractivity contribution < 1.29 is 13.2 Å². The SMILES string of the molecule is Cc1cccc(Oc2nc(N3CCC(C)CC3)nc3c2CN(S(=O)(=O)c2ccccc2)CC3)c1. The number of aromatic nitrogens is 2. The first-order valence-electron chi connectivity index (χ1n) is 11.8. The van der Waals surface area contributed by atoms with Gasteiger partial charge in [0.25, 0.3) is 0 Å². The standard InChI is InChI=1S/C26H30N4O3S/c1-19-11-14-29(15-12-19)26-27-24-13-16-30(34(31,32)22-9-4-3-5-10-22)18-23(24)25(28-26)33-21-8-6-7-20(2)17-21/h3-10,17,19H,11-16,18H2,1-2H3. The molecule has 0 N–H and O–H groups in total. The number of piperidine rings is 1. The number of hydrogen-bond donors (Lipinski definition) is 0. The van der Waals surface area contributed by atoms with Gasteiger partial charge < -0.3 is 9.64 Å². The van der Waals surface area contributed by atoms with Crippen LogP contribution in [0.25, 0.3) is 0 Å². The molecule has 2 aliphatic heterocycles. The zero-order chi connectivity index (χ0) is 23.7. The maximum absolute atomic E-state index is 13.3. The molecule has 0 aliphatic carbocycles. The molecule has 178 valence electrons. The Morgan fingerprint density at radius 1 is 0.971 bits per heavy atom. The van der Waals surface area contributed by atoms with Crippen molar-refractivity contribution in [3.05, 3.63) is 71.4 Å². The van der Waals surface area contributed by atoms with E-state index in [1.54, 1.807) is 24.3 Å². The van der Waals surface area contributed by atoms with Gasteiger partial charge in [0.2, 0.25) is 21.9 Å². The van der Waals surface area contributed by atoms with Crippen molar-refractivity contribution >= 4 is 16.0 Å². The maximum atomic E-state index is 13.3. The van der Waals surface area contributed by atoms with Gasteiger partial charge in [-0.3, -0.25) is 0 Å². The second-order valence-electron chi connectivity index (χ2n) is 9.24. The topological polar surface area (TPSA) is 75.6 Å². The van der Waals surface area contributed by atoms with Crippen molar-refractivity contribution in [1.29, 1.82) is 0 Å². The summed E-state index contributed by atoms with van der Waals surface area (Å²) in [7, 11) is -3.63. The number of aryl methyl sites for hydroxylation is 1. The Labute approximate surface area is 201 Å². The second-order valence-corrected chi connectivity index (χ2v) is 11.2. The van der Waals surface area contributed by atoms with Crippen molar-refractivity contribution in [3.63, 3.8) is 0 Å². The van der Waals surface area contributed by atoms with Crippen molar-refractivity contribution in [2.75, 3.05) is 24.5 Å². The molecule has 34 heavy (non-hydrogen) atoms. The van der Waals surface area contributed by atoms with Gasteiger partial charge in [0, 0.05) is 32.6 Å². The van der Waals surface area contributed by atoms with Gasteiger partial charge in [-0.2, -0.15) is 9.29 Å². The monoisotopic (exact) mass is 478 g/mol. The van der Waals surface area contributed by atoms with E-state index in [4.69, 9.17) is 14.7 Å². The lowest BCUT2D eigenvalue weighted by Gasteiger charge is -2.33. The number of rotatable bonds is 5. The highest BCUT2D eigenvalue weighted by Crippen LogP contribution is 2.34. The van der Waals surface area contributed by atoms with E-state index in [2.05, 4.69) is 11.8 Å². The summed E-state index contributed by atoms with van der Waals surface area (Å²) in [5, 5.41) is 0. The molecule has 3 heterocycles. The van der Waals surface area contributed by atoms with Gasteiger partial charge in [-0.25, -0.2) is 13.4 Å². The van der Waals surface area contributed by atoms with Crippen LogP contribution in [-0.2, 0) is 23.0 Å². The number of nitrogens with zero attached hydrogens (tertiary/aromatic N) is 4. The lowest BCUT2D eigenvalue weighted by Crippen LogP contribution is -2.38. The van der Waals surface area contributed by atoms with E-state index in [1.165, 1.54) is 4.31 Å². The third kappa shape index (κ3) is 4.65. The van der Waals surface area contributed by atoms with Crippen LogP contribution >= 0.6 is 0 Å². The van der Waals surface area contributed by atoms with E-state index >= 15 is 0 Å². The molecular formula is C26H30N4O3S. The number of fused-ring (bicyclic) bond motifs is 1. The third-order valence-electron chi connectivity index (χ3n) is 6.63. The summed E-state index contributed by atoms with van der Waals surface area (Å²) >= 11 is 0. The molecular weight excluding hydrogens is 448 g/mol. The van der Waals surface area contributed by atoms with E-state index in [9.17, 15) is 8.42 Å². The minimum absolute atomic E-state index is 0.186. The Kier molecular flexibility index (Phi) is 6.27. The maximum Gasteiger partial charge on any atom is 0.243 e. The summed E-state index contributed by atoms with van der Waals surface area (Å²) in [6.45, 7) is 6.68. The zero-order valence-corrected chi connectivity index (χ0v) is 20.5. The summed E-state index contributed by atoms with van der Waals surface area (Å²) in [5.74, 6) is 2.50. The number of benzene rings is 2. The first-order valence-corrected chi connectivity index (χ1v) is 13.3. The van der Waals surface area contributed by atoms with E-state index in [0.717, 1.165) is 42.8 Å². The lowest BCUT2D eigenvalue weighted by molar-refractivity contribution is 0.368. The largest absolute Gasteiger partial charge is 0.438 e. The predicted octanol–water partition coefficient (Wildman–Crippen LogP) is 4.56. The van der Waals surface area contributed by atoms with Crippen LogP contribution in [0.5, 0.6) is 11.6 Å². The fourth-order valence-electron chi connectivity index (χ4n) is 4.52. The normalized spacial score (nSPS) is 17.4. The van der Waals surface area contributed by atoms with Gasteiger partial charge in [0.15, 0.2) is 0 Å². The molecule has 0 bridgehead atoms. The first-order chi connectivity index (χ1) is 16.4. The summed E-state index contributed by atoms with van der Waals surface area (Å²) in [6.07, 6.45) is 2.74. The predicted molar refractivity (Wildman–Crippen MR) is 132 cm³/mol. The van der Waals surface area contributed by atoms with Crippen molar-refractivity contribution in [3.8, 4) is 11.6 Å². The van der Waals surface area contributed by atoms with Crippen LogP contribution in [0.1, 0.15) is 36.6 Å². The highest BCUT2D eigenvalue weighted by molar-refractivity contribution is 7.89. The summed E-state index contributed by atoms with van der Waals surface area (Å²) in [4.78, 5) is 12.2. The van der Waals surface area contributed by atoms with E-state index in [-0.39, 0.29) is 6.54 Å². The Hall–Kier alpha value is -2.97. The van der Waals surface area contributed by atoms with Crippen molar-refractivity contribution in [2.45, 2.75) is 44.6 Å². The molecule has 1 aromatic heterocycles. The third-order valence-corrected chi connectivity index (χ3v) is 8.49. The molecule has 0 saturated carbocycles. The van der Waals surface area contributed by atoms with E-state index in [1.807, 2.05) is 37.3 Å². The molecule has 0 atom stereocenters. The van der Waals surface area contributed by atoms with E-state index in [0.29, 0.717) is 41.4 Å². The van der Waals surface area contributed by atoms with Crippen LogP contribution in [0.4, 0.5) is 5.95 Å². The highest BCUT2D eigenvalue weighted by atomic mass is 32.2. The molecule has 3 aromatic rings. The summed E-state index contributed by atoms with van der Waals surface area (Å²) in [5.41, 5.74) is 2.69. The Balaban J connectivity index is 1.51. The van der Waals surface area contributed by atoms with Crippen LogP contribution in [0, 0.1) is 12.8 Å². The molecule has 0 spiro atoms. The fraction of sp³-hybridized carbons (Fsp3) is 0.385. The molecule has 2 aromatic carbocycles. The number of anilines is 1. The molecule has 0 radical (unpaired) electrons. The number of hydrogen-bond acceptors (Lipinski definition) is 6. The number of ether oxygens (including phenoxy) is 1. The molecule has 2 aliphatic rings. The van der Waals surface area contributed by atoms with Crippen molar-refractivity contribution in [2.24, 2.45) is 5.92 Å². The zero-order valence-electron chi connectivity index (χ0n) is 19.6. The first kappa shape index (κ1) is 22.8. The van der Waals surface area contributed by atoms with Gasteiger partial charge in [0.1, 0.15) is 5.75 Å². The number of sulfonamides is 1. The molecule has 7 nitrogen and oxygen atoms in total. The van der Waals surface area contributed by atoms with Crippen LogP contribution < -0.4 is 9.64 Å². The molecule has 5 rings (SSSR count). The Morgan fingerprint density at radius 3 is 2.47 bits per heavy atom. The molecule has 0 unspecified atom stereocenters. The molecule has 1 saturated heterocycles. The minimum atomic E-state index is -3.63. The highest BCUT2D eigenvalue weighted by Gasteiger charge is 2.32. The van der Waals surface area contributed by atoms with Crippen LogP contribution in [-0.4, -0.2) is 42.3 Å². The summed E-state index contributed by atoms with van der Waals surface area (Å²) < 4.78 is 34.4. The van der Waals surface area contributed by atoms with Crippen molar-refractivity contribution in [1.82, 2.24) is 14.3 Å². The molecule has 8 heteroatoms. The molecule has 0 amide bonds. The second kappa shape index (κ2) is 9.35. The average molecular weight is 479 g/mol. The Morgan fingerprint density at radius 2 is 1.74 bits per heavy atom. The van der Waals surface area contributed by atoms with Crippen LogP contribution in [0.3, 0.4) is 0 Å². The fourth-order valence-corrected chi connectivity index (χ4v) is 5.95. The van der Waals surface area contributed by atoms with Gasteiger partial charge in [-0.1, -0.05) is 37.3 Å². The van der Waals surface area contributed by atoms with Gasteiger partial charge in [-0.05, 0) is 55.5 Å². The van der Waals surface area contributed by atoms with Crippen LogP contribution in [0.2, 0.25) is 0 Å². The van der Waals surface area contributed by atoms with Gasteiger partial charge in [0.05, 0.1) is 16.2 Å². The quantitative estimate of drug-likeness (QED) is 0.535. The molecule has 1 fully saturated rings. The van der Waals surface area contributed by atoms with E-state index < -0.39 is 10.0 Å². The summed E-state index contributed by atoms with van der Waals surface area (Å²) in [6, 6.07) is 16.4. The smallest absolute Gasteiger partial charge is 0.243 e. The van der Waals surface area contributed by atoms with Gasteiger partial charge >= 0.3 is 0 Å². The minimum Gasteiger partial charge on any atom is -0.438 e. The lowest BCUT2D eigenvalue weighted by atomic mass is 9.99. The average Bonchev–Trinajstić information content (AvgIpc) is 2.85.